The molecule has 0 saturated carbocycles. The van der Waals surface area contributed by atoms with Gasteiger partial charge in [0, 0.05) is 6.54 Å². The Balaban J connectivity index is 1.88. The van der Waals surface area contributed by atoms with Crippen molar-refractivity contribution in [2.45, 2.75) is 37.9 Å². The smallest absolute Gasteiger partial charge is 0.252 e. The Hall–Kier alpha value is -2.30. The Bertz CT molecular complexity index is 720. The van der Waals surface area contributed by atoms with Crippen molar-refractivity contribution in [2.24, 2.45) is 0 Å². The molecule has 1 fully saturated rings. The van der Waals surface area contributed by atoms with Crippen molar-refractivity contribution in [3.8, 4) is 0 Å². The highest BCUT2D eigenvalue weighted by molar-refractivity contribution is 5.82. The van der Waals surface area contributed by atoms with Gasteiger partial charge in [0.1, 0.15) is 24.1 Å². The molecule has 0 bridgehead atoms. The Morgan fingerprint density at radius 2 is 2.17 bits per heavy atom. The van der Waals surface area contributed by atoms with Gasteiger partial charge in [0.25, 0.3) is 5.91 Å². The third-order valence-corrected chi connectivity index (χ3v) is 3.71. The molecule has 2 aromatic rings. The summed E-state index contributed by atoms with van der Waals surface area (Å²) in [6.45, 7) is 2.37. The number of aromatic nitrogens is 4. The Labute approximate surface area is 131 Å². The Morgan fingerprint density at radius 1 is 1.39 bits per heavy atom. The lowest BCUT2D eigenvalue weighted by Crippen LogP contribution is -2.42. The number of amides is 1. The third-order valence-electron chi connectivity index (χ3n) is 3.71. The molecule has 1 aliphatic rings. The maximum Gasteiger partial charge on any atom is 0.252 e. The number of hydrogen-bond donors (Lipinski definition) is 4. The number of aliphatic hydroxyl groups excluding tert-OH is 2. The van der Waals surface area contributed by atoms with Gasteiger partial charge in [-0.1, -0.05) is 6.92 Å². The van der Waals surface area contributed by atoms with Crippen LogP contribution in [0.2, 0.25) is 0 Å². The van der Waals surface area contributed by atoms with Crippen LogP contribution in [-0.4, -0.2) is 60.5 Å². The summed E-state index contributed by atoms with van der Waals surface area (Å²) in [6, 6.07) is 0. The lowest BCUT2D eigenvalue weighted by Gasteiger charge is -2.16. The van der Waals surface area contributed by atoms with E-state index in [9.17, 15) is 15.0 Å². The van der Waals surface area contributed by atoms with Crippen LogP contribution in [0, 0.1) is 0 Å². The van der Waals surface area contributed by atoms with Gasteiger partial charge in [-0.15, -0.1) is 0 Å². The standard InChI is InChI=1S/C13H18N6O4/c1-2-3-15-12(22)9-7(20)8(21)13(23-9)19-5-18-6-10(14)16-4-17-11(6)19/h4-5,7-9,13,20-21H,2-3H2,1H3,(H,15,22)(H2,14,16,17). The minimum Gasteiger partial charge on any atom is -0.387 e. The number of imidazole rings is 1. The molecule has 124 valence electrons. The zero-order valence-electron chi connectivity index (χ0n) is 12.5. The molecule has 4 unspecified atom stereocenters. The first kappa shape index (κ1) is 15.6. The number of rotatable bonds is 4. The molecule has 3 rings (SSSR count). The molecule has 0 radical (unpaired) electrons. The zero-order valence-corrected chi connectivity index (χ0v) is 12.5. The highest BCUT2D eigenvalue weighted by Crippen LogP contribution is 2.31. The quantitative estimate of drug-likeness (QED) is 0.534. The van der Waals surface area contributed by atoms with Gasteiger partial charge in [-0.2, -0.15) is 0 Å². The van der Waals surface area contributed by atoms with E-state index < -0.39 is 30.4 Å². The average molecular weight is 322 g/mol. The van der Waals surface area contributed by atoms with Gasteiger partial charge in [0.15, 0.2) is 23.8 Å². The van der Waals surface area contributed by atoms with Crippen LogP contribution in [0.3, 0.4) is 0 Å². The number of carbonyl (C=O) groups is 1. The van der Waals surface area contributed by atoms with E-state index in [1.807, 2.05) is 6.92 Å². The number of carbonyl (C=O) groups excluding carboxylic acids is 1. The largest absolute Gasteiger partial charge is 0.387 e. The van der Waals surface area contributed by atoms with Gasteiger partial charge < -0.3 is 26.0 Å². The molecule has 4 atom stereocenters. The lowest BCUT2D eigenvalue weighted by molar-refractivity contribution is -0.137. The van der Waals surface area contributed by atoms with Crippen LogP contribution in [0.25, 0.3) is 11.2 Å². The Kier molecular flexibility index (Phi) is 4.11. The zero-order chi connectivity index (χ0) is 16.6. The molecule has 2 aromatic heterocycles. The van der Waals surface area contributed by atoms with Crippen molar-refractivity contribution < 1.29 is 19.7 Å². The van der Waals surface area contributed by atoms with Crippen LogP contribution < -0.4 is 11.1 Å². The van der Waals surface area contributed by atoms with E-state index in [2.05, 4.69) is 20.3 Å². The Morgan fingerprint density at radius 3 is 2.91 bits per heavy atom. The molecule has 0 spiro atoms. The number of nitrogens with one attached hydrogen (secondary N) is 1. The van der Waals surface area contributed by atoms with Crippen LogP contribution in [0.4, 0.5) is 5.82 Å². The predicted octanol–water partition coefficient (Wildman–Crippen LogP) is -1.45. The fourth-order valence-electron chi connectivity index (χ4n) is 2.51. The highest BCUT2D eigenvalue weighted by Gasteiger charge is 2.47. The maximum absolute atomic E-state index is 12.0. The number of nitrogens with two attached hydrogens (primary N) is 1. The number of fused-ring (bicyclic) bond motifs is 1. The fourth-order valence-corrected chi connectivity index (χ4v) is 2.51. The number of nitrogens with zero attached hydrogens (tertiary/aromatic N) is 4. The summed E-state index contributed by atoms with van der Waals surface area (Å²) in [7, 11) is 0. The maximum atomic E-state index is 12.0. The van der Waals surface area contributed by atoms with Gasteiger partial charge in [-0.3, -0.25) is 9.36 Å². The molecular formula is C13H18N6O4. The average Bonchev–Trinajstić information content (AvgIpc) is 3.09. The second-order valence-electron chi connectivity index (χ2n) is 5.30. The highest BCUT2D eigenvalue weighted by atomic mass is 16.6. The topological polar surface area (TPSA) is 148 Å². The SMILES string of the molecule is CCCNC(=O)C1OC(n2cnc3c(N)ncnc32)C(O)C1O. The first-order valence-electron chi connectivity index (χ1n) is 7.27. The van der Waals surface area contributed by atoms with Gasteiger partial charge in [0.05, 0.1) is 6.33 Å². The number of ether oxygens (including phenoxy) is 1. The third kappa shape index (κ3) is 2.60. The van der Waals surface area contributed by atoms with Gasteiger partial charge in [-0.25, -0.2) is 15.0 Å². The van der Waals surface area contributed by atoms with Crippen LogP contribution in [0.5, 0.6) is 0 Å². The normalized spacial score (nSPS) is 27.4. The van der Waals surface area contributed by atoms with Gasteiger partial charge in [-0.05, 0) is 6.42 Å². The van der Waals surface area contributed by atoms with E-state index in [0.717, 1.165) is 6.42 Å². The van der Waals surface area contributed by atoms with E-state index in [4.69, 9.17) is 10.5 Å². The van der Waals surface area contributed by atoms with Crippen molar-refractivity contribution >= 4 is 22.9 Å². The molecule has 10 nitrogen and oxygen atoms in total. The van der Waals surface area contributed by atoms with Crippen molar-refractivity contribution in [1.29, 1.82) is 0 Å². The van der Waals surface area contributed by atoms with E-state index >= 15 is 0 Å². The molecule has 1 aliphatic heterocycles. The summed E-state index contributed by atoms with van der Waals surface area (Å²) in [5, 5.41) is 23.0. The minimum atomic E-state index is -1.35. The first-order chi connectivity index (χ1) is 11.0. The van der Waals surface area contributed by atoms with Gasteiger partial charge in [0.2, 0.25) is 0 Å². The van der Waals surface area contributed by atoms with Crippen molar-refractivity contribution in [1.82, 2.24) is 24.8 Å². The molecule has 1 saturated heterocycles. The van der Waals surface area contributed by atoms with E-state index in [0.29, 0.717) is 17.7 Å². The molecule has 23 heavy (non-hydrogen) atoms. The summed E-state index contributed by atoms with van der Waals surface area (Å²) in [5.41, 5.74) is 6.43. The fraction of sp³-hybridized carbons (Fsp3) is 0.538. The molecule has 0 aliphatic carbocycles. The monoisotopic (exact) mass is 322 g/mol. The van der Waals surface area contributed by atoms with Crippen molar-refractivity contribution in [3.05, 3.63) is 12.7 Å². The summed E-state index contributed by atoms with van der Waals surface area (Å²) in [5.74, 6) is -0.279. The summed E-state index contributed by atoms with van der Waals surface area (Å²) >= 11 is 0. The summed E-state index contributed by atoms with van der Waals surface area (Å²) in [6.07, 6.45) is -1.43. The minimum absolute atomic E-state index is 0.194. The van der Waals surface area contributed by atoms with E-state index in [-0.39, 0.29) is 5.82 Å². The van der Waals surface area contributed by atoms with Crippen LogP contribution in [0.15, 0.2) is 12.7 Å². The number of aliphatic hydroxyl groups is 2. The second-order valence-corrected chi connectivity index (χ2v) is 5.30. The summed E-state index contributed by atoms with van der Waals surface area (Å²) < 4.78 is 6.97. The van der Waals surface area contributed by atoms with E-state index in [1.165, 1.54) is 17.2 Å². The predicted molar refractivity (Wildman–Crippen MR) is 79.0 cm³/mol. The molecule has 3 heterocycles. The molecule has 10 heteroatoms. The van der Waals surface area contributed by atoms with E-state index in [1.54, 1.807) is 0 Å². The van der Waals surface area contributed by atoms with Crippen LogP contribution in [-0.2, 0) is 9.53 Å². The number of anilines is 1. The van der Waals surface area contributed by atoms with Gasteiger partial charge >= 0.3 is 0 Å². The van der Waals surface area contributed by atoms with Crippen LogP contribution in [0.1, 0.15) is 19.6 Å². The molecule has 5 N–H and O–H groups in total. The van der Waals surface area contributed by atoms with Crippen molar-refractivity contribution in [3.63, 3.8) is 0 Å². The number of hydrogen-bond acceptors (Lipinski definition) is 8. The summed E-state index contributed by atoms with van der Waals surface area (Å²) in [4.78, 5) is 24.0. The molecule has 1 amide bonds. The second kappa shape index (κ2) is 6.07. The number of nitrogen functional groups attached to an aromatic ring is 1. The van der Waals surface area contributed by atoms with Crippen LogP contribution >= 0.6 is 0 Å². The van der Waals surface area contributed by atoms with Crippen molar-refractivity contribution in [2.75, 3.05) is 12.3 Å². The first-order valence-corrected chi connectivity index (χ1v) is 7.27. The molecular weight excluding hydrogens is 304 g/mol. The molecule has 0 aromatic carbocycles. The lowest BCUT2D eigenvalue weighted by atomic mass is 10.1.